The third kappa shape index (κ3) is 10.8. The minimum Gasteiger partial charge on any atom is -0.346 e. The van der Waals surface area contributed by atoms with Crippen LogP contribution in [0.25, 0.3) is 0 Å². The summed E-state index contributed by atoms with van der Waals surface area (Å²) in [6, 6.07) is 0. The molecule has 0 amide bonds. The first-order valence-electron chi connectivity index (χ1n) is 10.1. The predicted molar refractivity (Wildman–Crippen MR) is 124 cm³/mol. The Labute approximate surface area is 204 Å². The van der Waals surface area contributed by atoms with Gasteiger partial charge >= 0.3 is 0 Å². The predicted octanol–water partition coefficient (Wildman–Crippen LogP) is 8.06. The zero-order valence-corrected chi connectivity index (χ0v) is 25.2. The van der Waals surface area contributed by atoms with Gasteiger partial charge < -0.3 is 6.92 Å². The van der Waals surface area contributed by atoms with Crippen molar-refractivity contribution in [3.63, 3.8) is 0 Å². The van der Waals surface area contributed by atoms with Crippen molar-refractivity contribution in [3.8, 4) is 0 Å². The summed E-state index contributed by atoms with van der Waals surface area (Å²) in [6.45, 7) is 32.3. The molecular weight excluding hydrogens is 523 g/mol. The maximum atomic E-state index is 7.90. The van der Waals surface area contributed by atoms with E-state index >= 15 is 0 Å². The Morgan fingerprint density at radius 3 is 0.586 bits per heavy atom. The van der Waals surface area contributed by atoms with Gasteiger partial charge in [-0.15, -0.1) is 0 Å². The van der Waals surface area contributed by atoms with Crippen molar-refractivity contribution in [2.75, 3.05) is 0 Å². The van der Waals surface area contributed by atoms with E-state index in [2.05, 4.69) is 81.0 Å². The summed E-state index contributed by atoms with van der Waals surface area (Å²) >= 11 is 0. The van der Waals surface area contributed by atoms with Crippen LogP contribution in [0.2, 0.25) is 0 Å². The molecule has 2 aliphatic rings. The fourth-order valence-electron chi connectivity index (χ4n) is 2.81. The molecule has 0 aliphatic heterocycles. The minimum atomic E-state index is -0.403. The molecule has 0 saturated heterocycles. The second-order valence-electron chi connectivity index (χ2n) is 8.45. The molecular formula is C26H45HfO2-. The molecule has 166 valence electrons. The van der Waals surface area contributed by atoms with Crippen molar-refractivity contribution < 1.29 is 36.0 Å². The van der Waals surface area contributed by atoms with Gasteiger partial charge in [0.1, 0.15) is 0 Å². The Kier molecular flexibility index (Phi) is 18.5. The fourth-order valence-corrected chi connectivity index (χ4v) is 2.81. The van der Waals surface area contributed by atoms with Crippen molar-refractivity contribution in [2.45, 2.75) is 103 Å². The van der Waals surface area contributed by atoms with Crippen molar-refractivity contribution in [1.29, 1.82) is 0 Å². The van der Waals surface area contributed by atoms with E-state index in [0.29, 0.717) is 0 Å². The van der Waals surface area contributed by atoms with Crippen LogP contribution in [0, 0.1) is 66.1 Å². The molecule has 2 nitrogen and oxygen atoms in total. The van der Waals surface area contributed by atoms with Crippen LogP contribution in [0.5, 0.6) is 0 Å². The van der Waals surface area contributed by atoms with E-state index in [9.17, 15) is 0 Å². The topological polar surface area (TPSA) is 29.5 Å². The van der Waals surface area contributed by atoms with Gasteiger partial charge in [-0.3, -0.25) is 5.26 Å². The average Bonchev–Trinajstić information content (AvgIpc) is 2.94. The molecule has 0 heterocycles. The van der Waals surface area contributed by atoms with Crippen molar-refractivity contribution in [1.82, 2.24) is 0 Å². The first-order valence-corrected chi connectivity index (χ1v) is 10.1. The Bertz CT molecular complexity index is 273. The van der Waals surface area contributed by atoms with Gasteiger partial charge in [-0.2, -0.15) is 6.92 Å². The summed E-state index contributed by atoms with van der Waals surface area (Å²) < 4.78 is 0. The molecule has 0 bridgehead atoms. The molecule has 2 aliphatic carbocycles. The SMILES string of the molecule is CC(C)(C)OO.C[C]1[C](C)[C](C)[C](C)[C]1C.C[C]1[C](C)[C](C)[C](C)[C]1C.[CH2-]C.[Hf]. The molecule has 2 fully saturated rings. The summed E-state index contributed by atoms with van der Waals surface area (Å²) in [7, 11) is 0. The molecule has 0 spiro atoms. The van der Waals surface area contributed by atoms with Gasteiger partial charge in [-0.1, -0.05) is 69.2 Å². The number of hydrogen-bond donors (Lipinski definition) is 1. The Hall–Kier alpha value is 0.790. The van der Waals surface area contributed by atoms with E-state index in [1.807, 2.05) is 0 Å². The Balaban J connectivity index is -0.000000340. The van der Waals surface area contributed by atoms with Gasteiger partial charge in [0, 0.05) is 25.8 Å². The van der Waals surface area contributed by atoms with Crippen LogP contribution >= 0.6 is 0 Å². The summed E-state index contributed by atoms with van der Waals surface area (Å²) in [6.07, 6.45) is 0. The summed E-state index contributed by atoms with van der Waals surface area (Å²) in [5, 5.41) is 7.90. The summed E-state index contributed by atoms with van der Waals surface area (Å²) in [5.74, 6) is 14.7. The van der Waals surface area contributed by atoms with Crippen LogP contribution < -0.4 is 0 Å². The maximum Gasteiger partial charge on any atom is 0.0949 e. The van der Waals surface area contributed by atoms with Crippen LogP contribution in [-0.4, -0.2) is 10.9 Å². The maximum absolute atomic E-state index is 7.90. The second-order valence-corrected chi connectivity index (χ2v) is 8.45. The largest absolute Gasteiger partial charge is 0.346 e. The molecule has 3 heteroatoms. The zero-order valence-electron chi connectivity index (χ0n) is 21.6. The first-order chi connectivity index (χ1) is 12.7. The van der Waals surface area contributed by atoms with Gasteiger partial charge in [0.05, 0.1) is 5.60 Å². The first kappa shape index (κ1) is 34.4. The molecule has 0 aromatic carbocycles. The van der Waals surface area contributed by atoms with Crippen LogP contribution in [0.15, 0.2) is 0 Å². The molecule has 2 rings (SSSR count). The Morgan fingerprint density at radius 2 is 0.552 bits per heavy atom. The van der Waals surface area contributed by atoms with E-state index in [0.717, 1.165) is 0 Å². The van der Waals surface area contributed by atoms with Gasteiger partial charge in [-0.25, -0.2) is 4.89 Å². The van der Waals surface area contributed by atoms with Crippen molar-refractivity contribution >= 4 is 0 Å². The van der Waals surface area contributed by atoms with Gasteiger partial charge in [0.25, 0.3) is 0 Å². The van der Waals surface area contributed by atoms with Gasteiger partial charge in [0.2, 0.25) is 0 Å². The monoisotopic (exact) mass is 569 g/mol. The summed E-state index contributed by atoms with van der Waals surface area (Å²) in [5.41, 5.74) is -0.403. The quantitative estimate of drug-likeness (QED) is 0.139. The van der Waals surface area contributed by atoms with Gasteiger partial charge in [-0.05, 0) is 80.0 Å². The van der Waals surface area contributed by atoms with Crippen LogP contribution in [0.4, 0.5) is 0 Å². The molecule has 0 unspecified atom stereocenters. The molecule has 0 aromatic rings. The van der Waals surface area contributed by atoms with E-state index < -0.39 is 5.60 Å². The molecule has 29 heavy (non-hydrogen) atoms. The average molecular weight is 568 g/mol. The summed E-state index contributed by atoms with van der Waals surface area (Å²) in [4.78, 5) is 3.94. The van der Waals surface area contributed by atoms with Crippen molar-refractivity contribution in [2.24, 2.45) is 0 Å². The number of rotatable bonds is 0. The van der Waals surface area contributed by atoms with E-state index in [-0.39, 0.29) is 25.8 Å². The molecule has 1 N–H and O–H groups in total. The van der Waals surface area contributed by atoms with E-state index in [4.69, 9.17) is 5.26 Å². The van der Waals surface area contributed by atoms with Crippen LogP contribution in [0.1, 0.15) is 96.9 Å². The fraction of sp³-hybridized carbons (Fsp3) is 0.577. The molecule has 0 aromatic heterocycles. The third-order valence-corrected chi connectivity index (χ3v) is 5.90. The third-order valence-electron chi connectivity index (χ3n) is 5.90. The van der Waals surface area contributed by atoms with E-state index in [1.54, 1.807) is 27.7 Å². The van der Waals surface area contributed by atoms with E-state index in [1.165, 1.54) is 59.2 Å². The molecule has 10 radical (unpaired) electrons. The smallest absolute Gasteiger partial charge is 0.0949 e. The number of hydrogen-bond acceptors (Lipinski definition) is 2. The minimum absolute atomic E-state index is 0. The normalized spacial score (nSPS) is 22.3. The van der Waals surface area contributed by atoms with Crippen LogP contribution in [-0.2, 0) is 30.7 Å². The molecule has 2 saturated carbocycles. The molecule has 0 atom stereocenters. The standard InChI is InChI=1S/2C10H15.C4H10O2.C2H5.Hf/c2*1-6-7(2)9(4)10(5)8(6)3;1-4(2,3)6-5;1-2;/h2*1-5H3;5H,1-3H3;1H2,2H3;/q;;;-1;. The second kappa shape index (κ2) is 15.6. The Morgan fingerprint density at radius 1 is 0.483 bits per heavy atom. The zero-order chi connectivity index (χ0) is 23.0. The van der Waals surface area contributed by atoms with Crippen LogP contribution in [0.3, 0.4) is 0 Å². The van der Waals surface area contributed by atoms with Gasteiger partial charge in [0.15, 0.2) is 0 Å². The van der Waals surface area contributed by atoms with Crippen molar-refractivity contribution in [3.05, 3.63) is 66.1 Å².